The highest BCUT2D eigenvalue weighted by Gasteiger charge is 2.22. The van der Waals surface area contributed by atoms with Crippen molar-refractivity contribution in [1.82, 2.24) is 24.3 Å². The molecule has 3 aromatic heterocycles. The molecule has 1 aliphatic carbocycles. The molecule has 0 amide bonds. The first kappa shape index (κ1) is 18.3. The van der Waals surface area contributed by atoms with Gasteiger partial charge in [-0.25, -0.2) is 9.97 Å². The van der Waals surface area contributed by atoms with E-state index in [0.29, 0.717) is 6.04 Å². The maximum atomic E-state index is 4.83. The molecule has 1 atom stereocenters. The van der Waals surface area contributed by atoms with Gasteiger partial charge in [0.2, 0.25) is 0 Å². The smallest absolute Gasteiger partial charge is 0.184 e. The molecular weight excluding hydrogens is 404 g/mol. The Balaban J connectivity index is 1.24. The van der Waals surface area contributed by atoms with E-state index in [0.717, 1.165) is 41.3 Å². The fourth-order valence-corrected chi connectivity index (χ4v) is 5.40. The summed E-state index contributed by atoms with van der Waals surface area (Å²) in [6.45, 7) is 0.761. The number of thiazole rings is 1. The molecule has 3 heterocycles. The molecule has 6 nitrogen and oxygen atoms in total. The summed E-state index contributed by atoms with van der Waals surface area (Å²) in [7, 11) is 1.93. The molecule has 0 saturated carbocycles. The summed E-state index contributed by atoms with van der Waals surface area (Å²) in [4.78, 5) is 9.18. The molecule has 0 aliphatic heterocycles. The van der Waals surface area contributed by atoms with Gasteiger partial charge in [0, 0.05) is 25.4 Å². The van der Waals surface area contributed by atoms with Crippen LogP contribution < -0.4 is 5.32 Å². The van der Waals surface area contributed by atoms with Crippen LogP contribution in [0.1, 0.15) is 29.2 Å². The van der Waals surface area contributed by atoms with Crippen molar-refractivity contribution < 1.29 is 0 Å². The second-order valence-electron chi connectivity index (χ2n) is 8.06. The third-order valence-corrected chi connectivity index (χ3v) is 6.90. The zero-order valence-electron chi connectivity index (χ0n) is 17.2. The molecule has 0 spiro atoms. The van der Waals surface area contributed by atoms with E-state index in [1.807, 2.05) is 36.6 Å². The lowest BCUT2D eigenvalue weighted by Gasteiger charge is -2.12. The molecular formula is C24H22N6S. The van der Waals surface area contributed by atoms with E-state index in [4.69, 9.17) is 4.98 Å². The zero-order chi connectivity index (χ0) is 20.8. The van der Waals surface area contributed by atoms with Gasteiger partial charge in [-0.1, -0.05) is 41.7 Å². The molecule has 31 heavy (non-hydrogen) atoms. The average Bonchev–Trinajstić information content (AvgIpc) is 3.55. The highest BCUT2D eigenvalue weighted by molar-refractivity contribution is 7.22. The van der Waals surface area contributed by atoms with Gasteiger partial charge >= 0.3 is 0 Å². The summed E-state index contributed by atoms with van der Waals surface area (Å²) in [5.41, 5.74) is 7.28. The van der Waals surface area contributed by atoms with Crippen molar-refractivity contribution in [2.45, 2.75) is 25.4 Å². The summed E-state index contributed by atoms with van der Waals surface area (Å²) in [6, 6.07) is 15.6. The molecule has 0 fully saturated rings. The van der Waals surface area contributed by atoms with Crippen LogP contribution in [-0.2, 0) is 20.0 Å². The van der Waals surface area contributed by atoms with Gasteiger partial charge in [-0.3, -0.25) is 4.68 Å². The van der Waals surface area contributed by atoms with E-state index in [1.165, 1.54) is 21.4 Å². The van der Waals surface area contributed by atoms with Gasteiger partial charge in [0.25, 0.3) is 0 Å². The van der Waals surface area contributed by atoms with Crippen LogP contribution in [0.3, 0.4) is 0 Å². The van der Waals surface area contributed by atoms with Crippen molar-refractivity contribution in [2.24, 2.45) is 7.05 Å². The lowest BCUT2D eigenvalue weighted by molar-refractivity contribution is 0.761. The first-order valence-corrected chi connectivity index (χ1v) is 11.3. The summed E-state index contributed by atoms with van der Waals surface area (Å²) >= 11 is 1.73. The third kappa shape index (κ3) is 3.41. The summed E-state index contributed by atoms with van der Waals surface area (Å²) in [5.74, 6) is 0. The molecule has 7 heteroatoms. The maximum Gasteiger partial charge on any atom is 0.184 e. The van der Waals surface area contributed by atoms with Gasteiger partial charge in [-0.05, 0) is 41.7 Å². The number of aromatic nitrogens is 5. The van der Waals surface area contributed by atoms with Crippen molar-refractivity contribution in [1.29, 1.82) is 0 Å². The van der Waals surface area contributed by atoms with Crippen LogP contribution in [0.2, 0.25) is 0 Å². The number of hydrogen-bond acceptors (Lipinski definition) is 5. The Bertz CT molecular complexity index is 1380. The van der Waals surface area contributed by atoms with Crippen LogP contribution >= 0.6 is 11.3 Å². The van der Waals surface area contributed by atoms with Crippen LogP contribution in [0.25, 0.3) is 21.5 Å². The zero-order valence-corrected chi connectivity index (χ0v) is 18.0. The minimum atomic E-state index is 0.351. The van der Waals surface area contributed by atoms with E-state index in [2.05, 4.69) is 62.4 Å². The van der Waals surface area contributed by atoms with Gasteiger partial charge in [-0.2, -0.15) is 5.10 Å². The molecule has 0 saturated heterocycles. The van der Waals surface area contributed by atoms with Gasteiger partial charge in [0.1, 0.15) is 0 Å². The van der Waals surface area contributed by atoms with Crippen LogP contribution in [-0.4, -0.2) is 24.3 Å². The summed E-state index contributed by atoms with van der Waals surface area (Å²) in [5, 5.41) is 8.94. The SMILES string of the molecule is Cn1cc(-c2cncn2Cc2ccc3nc(N[C@H]4CCc5ccccc54)sc3c2)cn1. The Hall–Kier alpha value is -3.45. The van der Waals surface area contributed by atoms with Crippen LogP contribution in [0.4, 0.5) is 5.13 Å². The number of aryl methyl sites for hydroxylation is 2. The Labute approximate surface area is 184 Å². The topological polar surface area (TPSA) is 60.6 Å². The Morgan fingerprint density at radius 2 is 2.10 bits per heavy atom. The number of anilines is 1. The normalized spacial score (nSPS) is 15.5. The summed E-state index contributed by atoms with van der Waals surface area (Å²) < 4.78 is 5.18. The fraction of sp³-hybridized carbons (Fsp3) is 0.208. The van der Waals surface area contributed by atoms with Crippen LogP contribution in [0.15, 0.2) is 67.4 Å². The Kier molecular flexibility index (Phi) is 4.35. The predicted molar refractivity (Wildman–Crippen MR) is 124 cm³/mol. The van der Waals surface area contributed by atoms with Crippen LogP contribution in [0, 0.1) is 0 Å². The van der Waals surface area contributed by atoms with Gasteiger partial charge in [0.05, 0.1) is 40.7 Å². The monoisotopic (exact) mass is 426 g/mol. The molecule has 5 aromatic rings. The molecule has 6 rings (SSSR count). The van der Waals surface area contributed by atoms with Gasteiger partial charge < -0.3 is 9.88 Å². The van der Waals surface area contributed by atoms with E-state index >= 15 is 0 Å². The third-order valence-electron chi connectivity index (χ3n) is 5.95. The standard InChI is InChI=1S/C24H22N6S/c1-29-14-18(11-26-29)22-12-25-15-30(22)13-16-6-8-21-23(10-16)31-24(28-21)27-20-9-7-17-4-2-3-5-19(17)20/h2-6,8,10-12,14-15,20H,7,9,13H2,1H3,(H,27,28)/t20-/m0/s1. The minimum absolute atomic E-state index is 0.351. The lowest BCUT2D eigenvalue weighted by atomic mass is 10.1. The fourth-order valence-electron chi connectivity index (χ4n) is 4.42. The maximum absolute atomic E-state index is 4.83. The molecule has 1 aliphatic rings. The lowest BCUT2D eigenvalue weighted by Crippen LogP contribution is -2.06. The molecule has 0 unspecified atom stereocenters. The summed E-state index contributed by atoms with van der Waals surface area (Å²) in [6.07, 6.45) is 9.91. The number of rotatable bonds is 5. The van der Waals surface area contributed by atoms with Gasteiger partial charge in [0.15, 0.2) is 5.13 Å². The molecule has 154 valence electrons. The Morgan fingerprint density at radius 3 is 3.00 bits per heavy atom. The number of hydrogen-bond donors (Lipinski definition) is 1. The van der Waals surface area contributed by atoms with Crippen molar-refractivity contribution in [2.75, 3.05) is 5.32 Å². The van der Waals surface area contributed by atoms with E-state index in [9.17, 15) is 0 Å². The van der Waals surface area contributed by atoms with Crippen molar-refractivity contribution >= 4 is 26.7 Å². The number of imidazole rings is 1. The largest absolute Gasteiger partial charge is 0.355 e. The Morgan fingerprint density at radius 1 is 1.16 bits per heavy atom. The number of benzene rings is 2. The predicted octanol–water partition coefficient (Wildman–Crippen LogP) is 5.04. The molecule has 0 bridgehead atoms. The first-order chi connectivity index (χ1) is 15.2. The second kappa shape index (κ2) is 7.35. The molecule has 2 aromatic carbocycles. The van der Waals surface area contributed by atoms with E-state index < -0.39 is 0 Å². The average molecular weight is 427 g/mol. The second-order valence-corrected chi connectivity index (χ2v) is 9.10. The number of nitrogens with one attached hydrogen (secondary N) is 1. The van der Waals surface area contributed by atoms with E-state index in [-0.39, 0.29) is 0 Å². The number of fused-ring (bicyclic) bond motifs is 2. The van der Waals surface area contributed by atoms with Crippen LogP contribution in [0.5, 0.6) is 0 Å². The van der Waals surface area contributed by atoms with Crippen molar-refractivity contribution in [3.05, 3.63) is 84.1 Å². The molecule has 1 N–H and O–H groups in total. The van der Waals surface area contributed by atoms with Crippen molar-refractivity contribution in [3.8, 4) is 11.3 Å². The quantitative estimate of drug-likeness (QED) is 0.428. The highest BCUT2D eigenvalue weighted by atomic mass is 32.1. The first-order valence-electron chi connectivity index (χ1n) is 10.5. The number of nitrogens with zero attached hydrogens (tertiary/aromatic N) is 5. The van der Waals surface area contributed by atoms with Crippen molar-refractivity contribution in [3.63, 3.8) is 0 Å². The molecule has 0 radical (unpaired) electrons. The highest BCUT2D eigenvalue weighted by Crippen LogP contribution is 2.36. The minimum Gasteiger partial charge on any atom is -0.355 e. The van der Waals surface area contributed by atoms with E-state index in [1.54, 1.807) is 11.3 Å². The van der Waals surface area contributed by atoms with Gasteiger partial charge in [-0.15, -0.1) is 0 Å².